The van der Waals surface area contributed by atoms with E-state index in [0.717, 1.165) is 0 Å². The number of urea groups is 1. The average molecular weight is 385 g/mol. The highest BCUT2D eigenvalue weighted by Gasteiger charge is 2.34. The number of esters is 1. The monoisotopic (exact) mass is 385 g/mol. The van der Waals surface area contributed by atoms with Crippen molar-refractivity contribution in [1.29, 1.82) is 0 Å². The second kappa shape index (κ2) is 7.55. The number of furan rings is 1. The van der Waals surface area contributed by atoms with Crippen LogP contribution in [-0.2, 0) is 9.53 Å². The van der Waals surface area contributed by atoms with Gasteiger partial charge < -0.3 is 19.8 Å². The van der Waals surface area contributed by atoms with E-state index in [1.807, 2.05) is 0 Å². The predicted molar refractivity (Wildman–Crippen MR) is 99.3 cm³/mol. The summed E-state index contributed by atoms with van der Waals surface area (Å²) >= 11 is 0. The number of carbonyl (C=O) groups is 2. The molecule has 2 amide bonds. The standard InChI is InChI=1S/C19H19N3O6/c1-4-27-18(23)16-11(3)20-19(24)21-17(16)14-9-8-13(28-14)15-10(2)6-5-7-12(15)22(25)26/h5-9,17H,4H2,1-3H3,(H2,20,21,24)/t17-/m1/s1. The fraction of sp³-hybridized carbons (Fsp3) is 0.263. The number of nitrogens with one attached hydrogen (secondary N) is 2. The number of hydrogen-bond donors (Lipinski definition) is 2. The minimum Gasteiger partial charge on any atom is -0.463 e. The summed E-state index contributed by atoms with van der Waals surface area (Å²) in [6.45, 7) is 5.19. The van der Waals surface area contributed by atoms with Crippen LogP contribution in [0.15, 0.2) is 46.0 Å². The molecule has 28 heavy (non-hydrogen) atoms. The number of rotatable bonds is 5. The van der Waals surface area contributed by atoms with Gasteiger partial charge in [0.15, 0.2) is 0 Å². The highest BCUT2D eigenvalue weighted by Crippen LogP contribution is 2.37. The maximum atomic E-state index is 12.4. The van der Waals surface area contributed by atoms with Crippen LogP contribution < -0.4 is 10.6 Å². The minimum atomic E-state index is -0.871. The molecule has 0 unspecified atom stereocenters. The van der Waals surface area contributed by atoms with Gasteiger partial charge in [-0.15, -0.1) is 0 Å². The summed E-state index contributed by atoms with van der Waals surface area (Å²) in [5.74, 6) is -0.0458. The summed E-state index contributed by atoms with van der Waals surface area (Å²) in [6, 6.07) is 6.53. The second-order valence-electron chi connectivity index (χ2n) is 6.22. The van der Waals surface area contributed by atoms with Crippen molar-refractivity contribution in [2.75, 3.05) is 6.61 Å². The highest BCUT2D eigenvalue weighted by atomic mass is 16.6. The number of carbonyl (C=O) groups excluding carboxylic acids is 2. The van der Waals surface area contributed by atoms with Crippen molar-refractivity contribution in [1.82, 2.24) is 10.6 Å². The number of allylic oxidation sites excluding steroid dienone is 1. The molecule has 1 aromatic carbocycles. The molecule has 0 saturated carbocycles. The Morgan fingerprint density at radius 1 is 1.29 bits per heavy atom. The van der Waals surface area contributed by atoms with Crippen LogP contribution in [0.1, 0.15) is 31.2 Å². The quantitative estimate of drug-likeness (QED) is 0.462. The van der Waals surface area contributed by atoms with Gasteiger partial charge in [-0.1, -0.05) is 12.1 Å². The molecule has 1 aliphatic heterocycles. The lowest BCUT2D eigenvalue weighted by molar-refractivity contribution is -0.384. The first-order valence-electron chi connectivity index (χ1n) is 8.63. The van der Waals surface area contributed by atoms with Crippen molar-refractivity contribution in [3.05, 3.63) is 63.0 Å². The molecule has 9 nitrogen and oxygen atoms in total. The highest BCUT2D eigenvalue weighted by molar-refractivity contribution is 5.94. The van der Waals surface area contributed by atoms with Gasteiger partial charge in [0.05, 0.1) is 22.7 Å². The van der Waals surface area contributed by atoms with Gasteiger partial charge in [0.25, 0.3) is 5.69 Å². The van der Waals surface area contributed by atoms with Crippen LogP contribution in [0.5, 0.6) is 0 Å². The van der Waals surface area contributed by atoms with E-state index in [1.165, 1.54) is 6.07 Å². The van der Waals surface area contributed by atoms with Gasteiger partial charge in [-0.25, -0.2) is 9.59 Å². The lowest BCUT2D eigenvalue weighted by atomic mass is 10.0. The fourth-order valence-corrected chi connectivity index (χ4v) is 3.15. The van der Waals surface area contributed by atoms with Gasteiger partial charge in [0.2, 0.25) is 0 Å². The Labute approximate surface area is 160 Å². The molecular formula is C19H19N3O6. The third kappa shape index (κ3) is 3.46. The molecule has 0 spiro atoms. The molecule has 146 valence electrons. The van der Waals surface area contributed by atoms with Gasteiger partial charge in [-0.3, -0.25) is 10.1 Å². The Kier molecular flexibility index (Phi) is 5.16. The summed E-state index contributed by atoms with van der Waals surface area (Å²) in [5, 5.41) is 16.6. The average Bonchev–Trinajstić information content (AvgIpc) is 3.10. The van der Waals surface area contributed by atoms with Crippen LogP contribution in [0.3, 0.4) is 0 Å². The number of amides is 2. The molecular weight excluding hydrogens is 366 g/mol. The zero-order chi connectivity index (χ0) is 20.4. The van der Waals surface area contributed by atoms with E-state index >= 15 is 0 Å². The summed E-state index contributed by atoms with van der Waals surface area (Å²) in [7, 11) is 0. The van der Waals surface area contributed by atoms with E-state index in [1.54, 1.807) is 45.0 Å². The largest absolute Gasteiger partial charge is 0.463 e. The molecule has 1 atom stereocenters. The molecule has 2 N–H and O–H groups in total. The number of nitro groups is 1. The molecule has 3 rings (SSSR count). The topological polar surface area (TPSA) is 124 Å². The minimum absolute atomic E-state index is 0.0902. The van der Waals surface area contributed by atoms with E-state index in [9.17, 15) is 19.7 Å². The van der Waals surface area contributed by atoms with E-state index in [2.05, 4.69) is 10.6 Å². The fourth-order valence-electron chi connectivity index (χ4n) is 3.15. The summed E-state index contributed by atoms with van der Waals surface area (Å²) in [5.41, 5.74) is 1.49. The summed E-state index contributed by atoms with van der Waals surface area (Å²) in [6.07, 6.45) is 0. The van der Waals surface area contributed by atoms with Crippen molar-refractivity contribution >= 4 is 17.7 Å². The number of ether oxygens (including phenoxy) is 1. The van der Waals surface area contributed by atoms with Crippen LogP contribution >= 0.6 is 0 Å². The van der Waals surface area contributed by atoms with Crippen LogP contribution in [0.4, 0.5) is 10.5 Å². The molecule has 2 heterocycles. The van der Waals surface area contributed by atoms with Gasteiger partial charge in [0, 0.05) is 11.8 Å². The zero-order valence-corrected chi connectivity index (χ0v) is 15.6. The molecule has 2 aromatic rings. The molecule has 0 fully saturated rings. The van der Waals surface area contributed by atoms with Crippen molar-refractivity contribution < 1.29 is 23.7 Å². The number of aryl methyl sites for hydroxylation is 1. The third-order valence-electron chi connectivity index (χ3n) is 4.37. The van der Waals surface area contributed by atoms with Gasteiger partial charge in [0.1, 0.15) is 17.6 Å². The molecule has 1 aliphatic rings. The lowest BCUT2D eigenvalue weighted by Crippen LogP contribution is -2.45. The van der Waals surface area contributed by atoms with Crippen LogP contribution in [0, 0.1) is 17.0 Å². The van der Waals surface area contributed by atoms with E-state index < -0.39 is 23.0 Å². The first kappa shape index (κ1) is 19.2. The Morgan fingerprint density at radius 3 is 2.71 bits per heavy atom. The zero-order valence-electron chi connectivity index (χ0n) is 15.6. The van der Waals surface area contributed by atoms with Crippen LogP contribution in [-0.4, -0.2) is 23.5 Å². The Balaban J connectivity index is 2.06. The number of hydrogen-bond acceptors (Lipinski definition) is 6. The Hall–Kier alpha value is -3.62. The molecule has 1 aromatic heterocycles. The Bertz CT molecular complexity index is 991. The SMILES string of the molecule is CCOC(=O)C1=C(C)NC(=O)N[C@@H]1c1ccc(-c2c(C)cccc2[N+](=O)[O-])o1. The van der Waals surface area contributed by atoms with Crippen LogP contribution in [0.2, 0.25) is 0 Å². The Morgan fingerprint density at radius 2 is 2.04 bits per heavy atom. The normalized spacial score (nSPS) is 16.4. The molecule has 0 radical (unpaired) electrons. The molecule has 0 aliphatic carbocycles. The third-order valence-corrected chi connectivity index (χ3v) is 4.37. The summed E-state index contributed by atoms with van der Waals surface area (Å²) in [4.78, 5) is 35.2. The maximum absolute atomic E-state index is 12.4. The van der Waals surface area contributed by atoms with Gasteiger partial charge >= 0.3 is 12.0 Å². The molecule has 0 saturated heterocycles. The van der Waals surface area contributed by atoms with E-state index in [0.29, 0.717) is 16.8 Å². The lowest BCUT2D eigenvalue weighted by Gasteiger charge is -2.26. The molecule has 9 heteroatoms. The predicted octanol–water partition coefficient (Wildman–Crippen LogP) is 3.35. The van der Waals surface area contributed by atoms with Crippen molar-refractivity contribution in [3.8, 4) is 11.3 Å². The number of nitro benzene ring substituents is 1. The first-order chi connectivity index (χ1) is 13.3. The smallest absolute Gasteiger partial charge is 0.338 e. The van der Waals surface area contributed by atoms with Crippen molar-refractivity contribution in [2.24, 2.45) is 0 Å². The van der Waals surface area contributed by atoms with E-state index in [4.69, 9.17) is 9.15 Å². The van der Waals surface area contributed by atoms with E-state index in [-0.39, 0.29) is 29.4 Å². The number of nitrogens with zero attached hydrogens (tertiary/aromatic N) is 1. The number of benzene rings is 1. The van der Waals surface area contributed by atoms with Crippen LogP contribution in [0.25, 0.3) is 11.3 Å². The van der Waals surface area contributed by atoms with Crippen molar-refractivity contribution in [3.63, 3.8) is 0 Å². The molecule has 0 bridgehead atoms. The first-order valence-corrected chi connectivity index (χ1v) is 8.63. The van der Waals surface area contributed by atoms with Crippen molar-refractivity contribution in [2.45, 2.75) is 26.8 Å². The summed E-state index contributed by atoms with van der Waals surface area (Å²) < 4.78 is 10.9. The second-order valence-corrected chi connectivity index (χ2v) is 6.22. The van der Waals surface area contributed by atoms with Gasteiger partial charge in [-0.2, -0.15) is 0 Å². The van der Waals surface area contributed by atoms with Gasteiger partial charge in [-0.05, 0) is 38.5 Å². The maximum Gasteiger partial charge on any atom is 0.338 e.